The summed E-state index contributed by atoms with van der Waals surface area (Å²) in [4.78, 5) is 14.4. The molecular weight excluding hydrogens is 264 g/mol. The number of nitrogens with two attached hydrogens (primary N) is 1. The lowest BCUT2D eigenvalue weighted by Gasteiger charge is -2.22. The number of likely N-dealkylation sites (tertiary alicyclic amines) is 1. The largest absolute Gasteiger partial charge is 0.493 e. The van der Waals surface area contributed by atoms with E-state index in [4.69, 9.17) is 10.5 Å². The highest BCUT2D eigenvalue weighted by Crippen LogP contribution is 2.29. The van der Waals surface area contributed by atoms with E-state index in [0.717, 1.165) is 25.3 Å². The maximum Gasteiger partial charge on any atom is 0.253 e. The van der Waals surface area contributed by atoms with Crippen LogP contribution in [0.25, 0.3) is 0 Å². The molecule has 2 rings (SSSR count). The molecule has 1 unspecified atom stereocenters. The van der Waals surface area contributed by atoms with Crippen LogP contribution in [0.3, 0.4) is 0 Å². The average Bonchev–Trinajstić information content (AvgIpc) is 2.88. The SMILES string of the molecule is CC(C)COc1ccc(C(=O)N2CCC(C)(CN)C2)cc1. The number of benzene rings is 1. The van der Waals surface area contributed by atoms with Gasteiger partial charge in [0.15, 0.2) is 0 Å². The number of hydrogen-bond acceptors (Lipinski definition) is 3. The number of nitrogens with zero attached hydrogens (tertiary/aromatic N) is 1. The van der Waals surface area contributed by atoms with Gasteiger partial charge in [0.05, 0.1) is 6.61 Å². The molecule has 0 radical (unpaired) electrons. The zero-order chi connectivity index (χ0) is 15.5. The normalized spacial score (nSPS) is 21.9. The molecule has 4 heteroatoms. The van der Waals surface area contributed by atoms with Gasteiger partial charge < -0.3 is 15.4 Å². The van der Waals surface area contributed by atoms with Crippen LogP contribution in [0, 0.1) is 11.3 Å². The summed E-state index contributed by atoms with van der Waals surface area (Å²) in [7, 11) is 0. The van der Waals surface area contributed by atoms with Gasteiger partial charge in [-0.15, -0.1) is 0 Å². The van der Waals surface area contributed by atoms with Crippen molar-refractivity contribution in [3.63, 3.8) is 0 Å². The Bertz CT molecular complexity index is 484. The van der Waals surface area contributed by atoms with Crippen molar-refractivity contribution in [3.8, 4) is 5.75 Å². The fraction of sp³-hybridized carbons (Fsp3) is 0.588. The van der Waals surface area contributed by atoms with E-state index in [0.29, 0.717) is 24.6 Å². The minimum absolute atomic E-state index is 0.0655. The Kier molecular flexibility index (Phi) is 4.88. The van der Waals surface area contributed by atoms with E-state index < -0.39 is 0 Å². The van der Waals surface area contributed by atoms with Crippen LogP contribution in [0.15, 0.2) is 24.3 Å². The molecule has 0 spiro atoms. The van der Waals surface area contributed by atoms with Gasteiger partial charge in [0.25, 0.3) is 5.91 Å². The molecule has 0 aliphatic carbocycles. The van der Waals surface area contributed by atoms with Crippen LogP contribution in [-0.4, -0.2) is 37.0 Å². The standard InChI is InChI=1S/C17H26N2O2/c1-13(2)10-21-15-6-4-14(5-7-15)16(20)19-9-8-17(3,11-18)12-19/h4-7,13H,8-12,18H2,1-3H3. The van der Waals surface area contributed by atoms with Gasteiger partial charge in [0, 0.05) is 18.7 Å². The highest BCUT2D eigenvalue weighted by atomic mass is 16.5. The molecule has 1 amide bonds. The molecule has 0 saturated carbocycles. The van der Waals surface area contributed by atoms with Gasteiger partial charge >= 0.3 is 0 Å². The van der Waals surface area contributed by atoms with E-state index in [9.17, 15) is 4.79 Å². The molecule has 1 aliphatic rings. The number of carbonyl (C=O) groups excluding carboxylic acids is 1. The maximum atomic E-state index is 12.5. The Morgan fingerprint density at radius 3 is 2.57 bits per heavy atom. The molecule has 0 bridgehead atoms. The topological polar surface area (TPSA) is 55.6 Å². The summed E-state index contributed by atoms with van der Waals surface area (Å²) in [6.07, 6.45) is 0.977. The summed E-state index contributed by atoms with van der Waals surface area (Å²) >= 11 is 0. The Hall–Kier alpha value is -1.55. The molecule has 1 aliphatic heterocycles. The first-order valence-corrected chi connectivity index (χ1v) is 7.66. The lowest BCUT2D eigenvalue weighted by atomic mass is 9.90. The van der Waals surface area contributed by atoms with Crippen molar-refractivity contribution < 1.29 is 9.53 Å². The van der Waals surface area contributed by atoms with Crippen molar-refractivity contribution in [2.45, 2.75) is 27.2 Å². The molecule has 2 N–H and O–H groups in total. The van der Waals surface area contributed by atoms with Crippen LogP contribution in [0.1, 0.15) is 37.6 Å². The number of rotatable bonds is 5. The van der Waals surface area contributed by atoms with E-state index in [1.165, 1.54) is 0 Å². The molecule has 1 aromatic carbocycles. The smallest absolute Gasteiger partial charge is 0.253 e. The second-order valence-corrected chi connectivity index (χ2v) is 6.72. The highest BCUT2D eigenvalue weighted by Gasteiger charge is 2.35. The van der Waals surface area contributed by atoms with Crippen molar-refractivity contribution in [1.82, 2.24) is 4.90 Å². The van der Waals surface area contributed by atoms with Gasteiger partial charge in [-0.25, -0.2) is 0 Å². The third-order valence-electron chi connectivity index (χ3n) is 4.02. The first kappa shape index (κ1) is 15.8. The van der Waals surface area contributed by atoms with Crippen LogP contribution < -0.4 is 10.5 Å². The van der Waals surface area contributed by atoms with Gasteiger partial charge in [-0.2, -0.15) is 0 Å². The zero-order valence-electron chi connectivity index (χ0n) is 13.3. The van der Waals surface area contributed by atoms with Crippen LogP contribution in [0.4, 0.5) is 0 Å². The lowest BCUT2D eigenvalue weighted by Crippen LogP contribution is -2.34. The summed E-state index contributed by atoms with van der Waals surface area (Å²) in [6.45, 7) is 9.21. The van der Waals surface area contributed by atoms with Gasteiger partial charge in [-0.05, 0) is 48.6 Å². The summed E-state index contributed by atoms with van der Waals surface area (Å²) in [5.74, 6) is 1.39. The molecule has 1 fully saturated rings. The minimum Gasteiger partial charge on any atom is -0.493 e. The molecule has 21 heavy (non-hydrogen) atoms. The number of hydrogen-bond donors (Lipinski definition) is 1. The van der Waals surface area contributed by atoms with Crippen molar-refractivity contribution >= 4 is 5.91 Å². The second-order valence-electron chi connectivity index (χ2n) is 6.72. The predicted molar refractivity (Wildman–Crippen MR) is 84.5 cm³/mol. The van der Waals surface area contributed by atoms with Crippen molar-refractivity contribution in [2.24, 2.45) is 17.1 Å². The van der Waals surface area contributed by atoms with E-state index >= 15 is 0 Å². The van der Waals surface area contributed by atoms with Gasteiger partial charge in [0.1, 0.15) is 5.75 Å². The van der Waals surface area contributed by atoms with Crippen molar-refractivity contribution in [3.05, 3.63) is 29.8 Å². The first-order valence-electron chi connectivity index (χ1n) is 7.66. The summed E-state index contributed by atoms with van der Waals surface area (Å²) < 4.78 is 5.64. The van der Waals surface area contributed by atoms with Gasteiger partial charge in [-0.3, -0.25) is 4.79 Å². The highest BCUT2D eigenvalue weighted by molar-refractivity contribution is 5.94. The quantitative estimate of drug-likeness (QED) is 0.906. The number of amides is 1. The summed E-state index contributed by atoms with van der Waals surface area (Å²) in [5.41, 5.74) is 6.57. The number of ether oxygens (including phenoxy) is 1. The van der Waals surface area contributed by atoms with E-state index in [1.807, 2.05) is 29.2 Å². The maximum absolute atomic E-state index is 12.5. The monoisotopic (exact) mass is 290 g/mol. The molecule has 1 saturated heterocycles. The van der Waals surface area contributed by atoms with Gasteiger partial charge in [0.2, 0.25) is 0 Å². The van der Waals surface area contributed by atoms with E-state index in [-0.39, 0.29) is 11.3 Å². The zero-order valence-corrected chi connectivity index (χ0v) is 13.3. The predicted octanol–water partition coefficient (Wildman–Crippen LogP) is 2.53. The first-order chi connectivity index (χ1) is 9.93. The molecule has 116 valence electrons. The third-order valence-corrected chi connectivity index (χ3v) is 4.02. The Labute approximate surface area is 127 Å². The van der Waals surface area contributed by atoms with Crippen LogP contribution >= 0.6 is 0 Å². The van der Waals surface area contributed by atoms with Crippen LogP contribution in [0.2, 0.25) is 0 Å². The Balaban J connectivity index is 1.97. The molecule has 1 heterocycles. The summed E-state index contributed by atoms with van der Waals surface area (Å²) in [6, 6.07) is 7.42. The Morgan fingerprint density at radius 2 is 2.05 bits per heavy atom. The van der Waals surface area contributed by atoms with Crippen molar-refractivity contribution in [1.29, 1.82) is 0 Å². The fourth-order valence-electron chi connectivity index (χ4n) is 2.50. The lowest BCUT2D eigenvalue weighted by molar-refractivity contribution is 0.0777. The minimum atomic E-state index is 0.0655. The molecular formula is C17H26N2O2. The van der Waals surface area contributed by atoms with Gasteiger partial charge in [-0.1, -0.05) is 20.8 Å². The van der Waals surface area contributed by atoms with Crippen LogP contribution in [-0.2, 0) is 0 Å². The molecule has 1 aromatic rings. The third kappa shape index (κ3) is 3.97. The second kappa shape index (κ2) is 6.48. The van der Waals surface area contributed by atoms with E-state index in [2.05, 4.69) is 20.8 Å². The fourth-order valence-corrected chi connectivity index (χ4v) is 2.50. The summed E-state index contributed by atoms with van der Waals surface area (Å²) in [5, 5.41) is 0. The number of carbonyl (C=O) groups is 1. The molecule has 1 atom stereocenters. The molecule has 0 aromatic heterocycles. The van der Waals surface area contributed by atoms with E-state index in [1.54, 1.807) is 0 Å². The average molecular weight is 290 g/mol. The Morgan fingerprint density at radius 1 is 1.38 bits per heavy atom. The van der Waals surface area contributed by atoms with Crippen LogP contribution in [0.5, 0.6) is 5.75 Å². The molecule has 4 nitrogen and oxygen atoms in total. The van der Waals surface area contributed by atoms with Crippen molar-refractivity contribution in [2.75, 3.05) is 26.2 Å².